The number of hydrogen-bond acceptors (Lipinski definition) is 14. The van der Waals surface area contributed by atoms with Gasteiger partial charge in [0, 0.05) is 25.4 Å². The Hall–Kier alpha value is -3.94. The maximum Gasteiger partial charge on any atom is 0.280 e. The average Bonchev–Trinajstić information content (AvgIpc) is 3.73. The van der Waals surface area contributed by atoms with Crippen molar-refractivity contribution >= 4 is 34.2 Å². The molecular formula is C24H32N10O8. The molecule has 42 heavy (non-hydrogen) atoms. The van der Waals surface area contributed by atoms with Gasteiger partial charge in [-0.15, -0.1) is 0 Å². The second-order valence-corrected chi connectivity index (χ2v) is 10.5. The maximum absolute atomic E-state index is 12.6. The largest absolute Gasteiger partial charge is 0.394 e. The Morgan fingerprint density at radius 2 is 1.40 bits per heavy atom. The summed E-state index contributed by atoms with van der Waals surface area (Å²) < 4.78 is 14.5. The van der Waals surface area contributed by atoms with Gasteiger partial charge >= 0.3 is 0 Å². The lowest BCUT2D eigenvalue weighted by molar-refractivity contribution is -0.0432. The van der Waals surface area contributed by atoms with Gasteiger partial charge in [0.25, 0.3) is 11.1 Å². The zero-order valence-electron chi connectivity index (χ0n) is 22.5. The van der Waals surface area contributed by atoms with E-state index in [2.05, 4.69) is 40.5 Å². The van der Waals surface area contributed by atoms with Crippen molar-refractivity contribution < 1.29 is 29.9 Å². The first kappa shape index (κ1) is 28.2. The van der Waals surface area contributed by atoms with E-state index in [9.17, 15) is 30.0 Å². The average molecular weight is 589 g/mol. The number of nitrogens with zero attached hydrogens (tertiary/aromatic N) is 6. The number of aromatic nitrogens is 8. The molecule has 0 saturated carbocycles. The maximum atomic E-state index is 12.6. The fourth-order valence-electron chi connectivity index (χ4n) is 5.24. The monoisotopic (exact) mass is 588 g/mol. The van der Waals surface area contributed by atoms with Crippen LogP contribution < -0.4 is 21.8 Å². The predicted octanol–water partition coefficient (Wildman–Crippen LogP) is -1.86. The third kappa shape index (κ3) is 5.23. The van der Waals surface area contributed by atoms with Crippen molar-refractivity contribution in [2.24, 2.45) is 0 Å². The summed E-state index contributed by atoms with van der Waals surface area (Å²) in [6, 6.07) is -0.178. The third-order valence-electron chi connectivity index (χ3n) is 7.51. The van der Waals surface area contributed by atoms with Crippen LogP contribution in [-0.2, 0) is 9.47 Å². The van der Waals surface area contributed by atoms with E-state index in [-0.39, 0.29) is 66.3 Å². The molecule has 226 valence electrons. The molecule has 2 fully saturated rings. The quantitative estimate of drug-likeness (QED) is 0.101. The van der Waals surface area contributed by atoms with Crippen molar-refractivity contribution in [1.29, 1.82) is 0 Å². The number of aliphatic hydroxyl groups excluding tert-OH is 4. The molecule has 0 amide bonds. The summed E-state index contributed by atoms with van der Waals surface area (Å²) in [7, 11) is 0. The molecule has 6 rings (SSSR count). The van der Waals surface area contributed by atoms with Crippen LogP contribution in [0.15, 0.2) is 22.2 Å². The normalized spacial score (nSPS) is 26.8. The van der Waals surface area contributed by atoms with Gasteiger partial charge in [0.15, 0.2) is 22.3 Å². The fraction of sp³-hybridized carbons (Fsp3) is 0.583. The number of rotatable bonds is 10. The summed E-state index contributed by atoms with van der Waals surface area (Å²) >= 11 is 0. The van der Waals surface area contributed by atoms with Gasteiger partial charge in [-0.1, -0.05) is 0 Å². The molecule has 0 aromatic carbocycles. The summed E-state index contributed by atoms with van der Waals surface area (Å²) in [6.07, 6.45) is -0.593. The Kier molecular flexibility index (Phi) is 7.64. The SMILES string of the molecule is CC(CCNc1nc2c(ncn2[C@H]2C[C@H](O)[C@@H](CO)O2)c(=O)[nH]1)Nc1nc2c(ncn2[C@H]2C[C@H](O)[C@@H](CO)O2)c(=O)[nH]1. The summed E-state index contributed by atoms with van der Waals surface area (Å²) in [5, 5.41) is 45.2. The van der Waals surface area contributed by atoms with Gasteiger partial charge in [0.2, 0.25) is 11.9 Å². The Balaban J connectivity index is 1.11. The molecule has 0 bridgehead atoms. The van der Waals surface area contributed by atoms with E-state index in [0.29, 0.717) is 13.0 Å². The minimum Gasteiger partial charge on any atom is -0.394 e. The molecule has 2 aliphatic heterocycles. The number of fused-ring (bicyclic) bond motifs is 2. The van der Waals surface area contributed by atoms with E-state index in [1.165, 1.54) is 12.7 Å². The topological polar surface area (TPSA) is 251 Å². The molecule has 18 nitrogen and oxygen atoms in total. The molecule has 4 aromatic heterocycles. The highest BCUT2D eigenvalue weighted by atomic mass is 16.5. The minimum atomic E-state index is -0.849. The number of H-pyrrole nitrogens is 2. The molecule has 1 unspecified atom stereocenters. The van der Waals surface area contributed by atoms with Crippen molar-refractivity contribution in [2.75, 3.05) is 30.4 Å². The Bertz CT molecular complexity index is 1680. The van der Waals surface area contributed by atoms with Crippen molar-refractivity contribution in [1.82, 2.24) is 39.0 Å². The number of anilines is 2. The van der Waals surface area contributed by atoms with Crippen molar-refractivity contribution in [3.63, 3.8) is 0 Å². The second kappa shape index (κ2) is 11.4. The summed E-state index contributed by atoms with van der Waals surface area (Å²) in [5.74, 6) is 0.436. The van der Waals surface area contributed by atoms with E-state index in [4.69, 9.17) is 9.47 Å². The molecule has 0 spiro atoms. The van der Waals surface area contributed by atoms with Crippen LogP contribution in [0.5, 0.6) is 0 Å². The van der Waals surface area contributed by atoms with Gasteiger partial charge in [-0.2, -0.15) is 9.97 Å². The second-order valence-electron chi connectivity index (χ2n) is 10.5. The molecule has 7 atom stereocenters. The number of aromatic amines is 2. The molecule has 0 radical (unpaired) electrons. The van der Waals surface area contributed by atoms with Crippen LogP contribution in [0, 0.1) is 0 Å². The van der Waals surface area contributed by atoms with E-state index in [1.54, 1.807) is 9.13 Å². The molecular weight excluding hydrogens is 556 g/mol. The van der Waals surface area contributed by atoms with Crippen molar-refractivity contribution in [2.45, 2.75) is 69.1 Å². The molecule has 6 heterocycles. The van der Waals surface area contributed by atoms with Crippen molar-refractivity contribution in [3.8, 4) is 0 Å². The van der Waals surface area contributed by atoms with Gasteiger partial charge in [0.1, 0.15) is 24.7 Å². The van der Waals surface area contributed by atoms with Gasteiger partial charge in [-0.3, -0.25) is 28.7 Å². The van der Waals surface area contributed by atoms with Crippen LogP contribution in [0.1, 0.15) is 38.6 Å². The van der Waals surface area contributed by atoms with Gasteiger partial charge in [-0.05, 0) is 13.3 Å². The molecule has 4 aromatic rings. The van der Waals surface area contributed by atoms with E-state index in [1.807, 2.05) is 6.92 Å². The first-order chi connectivity index (χ1) is 20.2. The highest BCUT2D eigenvalue weighted by Crippen LogP contribution is 2.31. The standard InChI is InChI=1S/C24H32N10O8/c1-10(28-24-30-20-18(22(40)32-24)27-9-34(20)16-5-12(38)14(7-36)42-16)2-3-25-23-29-19-17(21(39)31-23)26-8-33(19)15-4-11(37)13(6-35)41-15/h8-16,35-38H,2-7H2,1H3,(H2,25,29,31,39)(H2,28,30,32,40)/t10?,11-,12-,13+,14+,15+,16+/m0/s1. The smallest absolute Gasteiger partial charge is 0.280 e. The number of aliphatic hydroxyl groups is 4. The number of imidazole rings is 2. The fourth-order valence-corrected chi connectivity index (χ4v) is 5.24. The zero-order chi connectivity index (χ0) is 29.5. The lowest BCUT2D eigenvalue weighted by Gasteiger charge is -2.16. The number of hydrogen-bond donors (Lipinski definition) is 8. The zero-order valence-corrected chi connectivity index (χ0v) is 22.5. The van der Waals surface area contributed by atoms with E-state index < -0.39 is 48.0 Å². The molecule has 2 aliphatic rings. The van der Waals surface area contributed by atoms with Gasteiger partial charge < -0.3 is 40.5 Å². The number of ether oxygens (including phenoxy) is 2. The Morgan fingerprint density at radius 3 is 1.90 bits per heavy atom. The van der Waals surface area contributed by atoms with Crippen LogP contribution in [0.3, 0.4) is 0 Å². The van der Waals surface area contributed by atoms with E-state index in [0.717, 1.165) is 0 Å². The number of nitrogens with one attached hydrogen (secondary N) is 4. The van der Waals surface area contributed by atoms with Crippen LogP contribution in [0.2, 0.25) is 0 Å². The van der Waals surface area contributed by atoms with Crippen LogP contribution in [0.4, 0.5) is 11.9 Å². The predicted molar refractivity (Wildman–Crippen MR) is 146 cm³/mol. The summed E-state index contributed by atoms with van der Waals surface area (Å²) in [6.45, 7) is 1.62. The third-order valence-corrected chi connectivity index (χ3v) is 7.51. The van der Waals surface area contributed by atoms with Gasteiger partial charge in [-0.25, -0.2) is 9.97 Å². The highest BCUT2D eigenvalue weighted by molar-refractivity contribution is 5.71. The molecule has 2 saturated heterocycles. The highest BCUT2D eigenvalue weighted by Gasteiger charge is 2.36. The molecule has 0 aliphatic carbocycles. The first-order valence-electron chi connectivity index (χ1n) is 13.6. The lowest BCUT2D eigenvalue weighted by atomic mass is 10.2. The first-order valence-corrected chi connectivity index (χ1v) is 13.6. The summed E-state index contributed by atoms with van der Waals surface area (Å²) in [5.41, 5.74) is -0.0956. The van der Waals surface area contributed by atoms with Gasteiger partial charge in [0.05, 0.1) is 38.1 Å². The molecule has 18 heteroatoms. The Morgan fingerprint density at radius 1 is 0.905 bits per heavy atom. The van der Waals surface area contributed by atoms with E-state index >= 15 is 0 Å². The summed E-state index contributed by atoms with van der Waals surface area (Å²) in [4.78, 5) is 47.8. The van der Waals surface area contributed by atoms with Crippen LogP contribution in [-0.4, -0.2) is 110 Å². The van der Waals surface area contributed by atoms with Crippen molar-refractivity contribution in [3.05, 3.63) is 33.4 Å². The Labute approximate surface area is 236 Å². The van der Waals surface area contributed by atoms with Crippen LogP contribution >= 0.6 is 0 Å². The van der Waals surface area contributed by atoms with Crippen LogP contribution in [0.25, 0.3) is 22.3 Å². The molecule has 8 N–H and O–H groups in total. The minimum absolute atomic E-state index is 0.120. The lowest BCUT2D eigenvalue weighted by Crippen LogP contribution is -2.24.